The molecule has 3 aliphatic carbocycles. The van der Waals surface area contributed by atoms with E-state index in [-0.39, 0.29) is 47.1 Å². The minimum atomic E-state index is -3.99. The van der Waals surface area contributed by atoms with Crippen molar-refractivity contribution in [2.24, 2.45) is 17.8 Å². The van der Waals surface area contributed by atoms with Crippen LogP contribution in [0.2, 0.25) is 5.02 Å². The molecule has 11 heteroatoms. The molecule has 0 saturated heterocycles. The summed E-state index contributed by atoms with van der Waals surface area (Å²) in [6.45, 7) is 5.32. The Morgan fingerprint density at radius 1 is 1.14 bits per heavy atom. The van der Waals surface area contributed by atoms with Crippen LogP contribution in [0.25, 0.3) is 0 Å². The second-order valence-corrected chi connectivity index (χ2v) is 18.1. The van der Waals surface area contributed by atoms with Crippen LogP contribution in [0.15, 0.2) is 48.6 Å². The van der Waals surface area contributed by atoms with Crippen molar-refractivity contribution < 1.29 is 27.5 Å². The standard InChI is InChI=1S/C39H50ClN3O6S/c1-25-7-5-18-39(48-4,21-36(44)42(3)31-12-13-31)33-14-9-29(33)22-43-23-38(17-6-8-27-19-30(40)11-15-32(27)38)24-49-35-16-10-28(20-34(35)43)37(45)41-50(46,47)26(25)2/h5,10-11,15-16,18-20,25-26,29,31,33H,6-9,12-14,17,21-24H2,1-4H3,(H,41,45)/b18-5-/t25-,26+,29-,33+,38-,39+/m0/s1. The number of hydrogen-bond acceptors (Lipinski definition) is 7. The molecule has 2 saturated carbocycles. The lowest BCUT2D eigenvalue weighted by Crippen LogP contribution is -2.54. The van der Waals surface area contributed by atoms with Crippen LogP contribution in [-0.2, 0) is 31.4 Å². The fraction of sp³-hybridized carbons (Fsp3) is 0.590. The van der Waals surface area contributed by atoms with Crippen molar-refractivity contribution in [3.63, 3.8) is 0 Å². The van der Waals surface area contributed by atoms with Crippen LogP contribution in [0.3, 0.4) is 0 Å². The van der Waals surface area contributed by atoms with Crippen molar-refractivity contribution in [3.05, 3.63) is 70.3 Å². The van der Waals surface area contributed by atoms with Gasteiger partial charge in [0.2, 0.25) is 15.9 Å². The molecular weight excluding hydrogens is 674 g/mol. The molecular formula is C39H50ClN3O6S. The van der Waals surface area contributed by atoms with Gasteiger partial charge in [-0.3, -0.25) is 9.59 Å². The van der Waals surface area contributed by atoms with E-state index in [1.165, 1.54) is 11.1 Å². The molecule has 2 amide bonds. The maximum Gasteiger partial charge on any atom is 0.264 e. The maximum absolute atomic E-state index is 13.8. The SMILES string of the molecule is CO[C@@]1(CC(=O)N(C)C2CC2)/C=C\C[C@H](C)[C@@H](C)S(=O)(=O)NC(=O)c2ccc3c(c2)N(C[C@@H]2CC[C@H]21)C[C@@]1(CCCc2cc(Cl)ccc21)CO3. The Morgan fingerprint density at radius 2 is 1.94 bits per heavy atom. The van der Waals surface area contributed by atoms with Gasteiger partial charge < -0.3 is 19.3 Å². The van der Waals surface area contributed by atoms with Crippen molar-refractivity contribution in [1.82, 2.24) is 9.62 Å². The second-order valence-electron chi connectivity index (χ2n) is 15.6. The maximum atomic E-state index is 13.8. The van der Waals surface area contributed by atoms with Gasteiger partial charge in [-0.15, -0.1) is 0 Å². The van der Waals surface area contributed by atoms with E-state index in [4.69, 9.17) is 21.1 Å². The fourth-order valence-corrected chi connectivity index (χ4v) is 10.3. The summed E-state index contributed by atoms with van der Waals surface area (Å²) in [7, 11) is -0.397. The highest BCUT2D eigenvalue weighted by Crippen LogP contribution is 2.50. The van der Waals surface area contributed by atoms with Gasteiger partial charge in [-0.1, -0.05) is 36.7 Å². The molecule has 2 fully saturated rings. The normalized spacial score (nSPS) is 32.7. The van der Waals surface area contributed by atoms with E-state index in [2.05, 4.69) is 21.8 Å². The van der Waals surface area contributed by atoms with Crippen molar-refractivity contribution in [2.75, 3.05) is 38.8 Å². The number of rotatable bonds is 4. The first-order valence-corrected chi connectivity index (χ1v) is 20.1. The van der Waals surface area contributed by atoms with Gasteiger partial charge in [0.25, 0.3) is 5.91 Å². The van der Waals surface area contributed by atoms with Crippen molar-refractivity contribution in [2.45, 2.75) is 93.9 Å². The number of halogens is 1. The molecule has 7 rings (SSSR count). The minimum Gasteiger partial charge on any atom is -0.490 e. The van der Waals surface area contributed by atoms with E-state index in [1.54, 1.807) is 32.2 Å². The number of fused-ring (bicyclic) bond motifs is 4. The van der Waals surface area contributed by atoms with Gasteiger partial charge in [-0.05, 0) is 118 Å². The van der Waals surface area contributed by atoms with E-state index in [0.717, 1.165) is 55.7 Å². The highest BCUT2D eigenvalue weighted by Gasteiger charge is 2.50. The highest BCUT2D eigenvalue weighted by atomic mass is 35.5. The Kier molecular flexibility index (Phi) is 9.52. The van der Waals surface area contributed by atoms with Crippen LogP contribution < -0.4 is 14.4 Å². The van der Waals surface area contributed by atoms with E-state index in [1.807, 2.05) is 37.1 Å². The number of methoxy groups -OCH3 is 1. The Labute approximate surface area is 301 Å². The lowest BCUT2D eigenvalue weighted by Gasteiger charge is -2.50. The third kappa shape index (κ3) is 6.56. The zero-order valence-corrected chi connectivity index (χ0v) is 31.2. The molecule has 2 aromatic carbocycles. The molecule has 270 valence electrons. The molecule has 0 aromatic heterocycles. The number of aryl methyl sites for hydroxylation is 1. The quantitative estimate of drug-likeness (QED) is 0.371. The Bertz CT molecular complexity index is 1800. The van der Waals surface area contributed by atoms with E-state index >= 15 is 0 Å². The van der Waals surface area contributed by atoms with Crippen molar-refractivity contribution in [1.29, 1.82) is 0 Å². The molecule has 6 atom stereocenters. The molecule has 2 aromatic rings. The Morgan fingerprint density at radius 3 is 2.66 bits per heavy atom. The Balaban J connectivity index is 1.32. The molecule has 50 heavy (non-hydrogen) atoms. The van der Waals surface area contributed by atoms with Crippen molar-refractivity contribution >= 4 is 39.1 Å². The lowest BCUT2D eigenvalue weighted by atomic mass is 9.62. The summed E-state index contributed by atoms with van der Waals surface area (Å²) >= 11 is 6.47. The molecule has 1 spiro atoms. The molecule has 5 aliphatic rings. The number of hydrogen-bond donors (Lipinski definition) is 1. The fourth-order valence-electron chi connectivity index (χ4n) is 8.86. The Hall–Kier alpha value is -3.08. The number of nitrogens with zero attached hydrogens (tertiary/aromatic N) is 2. The number of allylic oxidation sites excluding steroid dienone is 1. The summed E-state index contributed by atoms with van der Waals surface area (Å²) in [4.78, 5) is 31.6. The van der Waals surface area contributed by atoms with Gasteiger partial charge in [-0.25, -0.2) is 13.1 Å². The molecule has 2 aliphatic heterocycles. The first-order chi connectivity index (χ1) is 23.8. The topological polar surface area (TPSA) is 105 Å². The van der Waals surface area contributed by atoms with Gasteiger partial charge in [0, 0.05) is 49.3 Å². The predicted molar refractivity (Wildman–Crippen MR) is 195 cm³/mol. The van der Waals surface area contributed by atoms with E-state index in [9.17, 15) is 18.0 Å². The number of anilines is 1. The molecule has 1 N–H and O–H groups in total. The van der Waals surface area contributed by atoms with Crippen LogP contribution in [0.5, 0.6) is 5.75 Å². The van der Waals surface area contributed by atoms with Crippen LogP contribution >= 0.6 is 11.6 Å². The number of nitrogens with one attached hydrogen (secondary N) is 1. The molecule has 0 unspecified atom stereocenters. The van der Waals surface area contributed by atoms with Gasteiger partial charge in [0.1, 0.15) is 5.75 Å². The van der Waals surface area contributed by atoms with Gasteiger partial charge in [0.15, 0.2) is 0 Å². The van der Waals surface area contributed by atoms with Crippen LogP contribution in [0, 0.1) is 17.8 Å². The van der Waals surface area contributed by atoms with Crippen LogP contribution in [0.4, 0.5) is 5.69 Å². The molecule has 9 nitrogen and oxygen atoms in total. The van der Waals surface area contributed by atoms with E-state index in [0.29, 0.717) is 31.9 Å². The number of carbonyl (C=O) groups is 2. The number of carbonyl (C=O) groups excluding carboxylic acids is 2. The summed E-state index contributed by atoms with van der Waals surface area (Å²) < 4.78 is 42.5. The molecule has 2 bridgehead atoms. The molecule has 2 heterocycles. The van der Waals surface area contributed by atoms with Crippen molar-refractivity contribution in [3.8, 4) is 5.75 Å². The number of benzene rings is 2. The second kappa shape index (κ2) is 13.5. The first-order valence-electron chi connectivity index (χ1n) is 18.2. The average Bonchev–Trinajstić information content (AvgIpc) is 3.93. The predicted octanol–water partition coefficient (Wildman–Crippen LogP) is 6.28. The minimum absolute atomic E-state index is 0.0668. The lowest BCUT2D eigenvalue weighted by molar-refractivity contribution is -0.142. The first kappa shape index (κ1) is 35.3. The summed E-state index contributed by atoms with van der Waals surface area (Å²) in [5.41, 5.74) is 2.38. The largest absolute Gasteiger partial charge is 0.490 e. The zero-order chi connectivity index (χ0) is 35.4. The van der Waals surface area contributed by atoms with Crippen LogP contribution in [-0.4, -0.2) is 75.9 Å². The third-order valence-corrected chi connectivity index (χ3v) is 14.7. The number of amides is 2. The summed E-state index contributed by atoms with van der Waals surface area (Å²) in [5, 5.41) is -0.110. The monoisotopic (exact) mass is 723 g/mol. The van der Waals surface area contributed by atoms with Gasteiger partial charge in [0.05, 0.1) is 29.6 Å². The molecule has 0 radical (unpaired) electrons. The number of ether oxygens (including phenoxy) is 2. The average molecular weight is 724 g/mol. The summed E-state index contributed by atoms with van der Waals surface area (Å²) in [6.07, 6.45) is 11.6. The van der Waals surface area contributed by atoms with Gasteiger partial charge >= 0.3 is 0 Å². The van der Waals surface area contributed by atoms with Gasteiger partial charge in [-0.2, -0.15) is 0 Å². The van der Waals surface area contributed by atoms with E-state index < -0.39 is 26.8 Å². The summed E-state index contributed by atoms with van der Waals surface area (Å²) in [5.74, 6) is 0.0701. The smallest absolute Gasteiger partial charge is 0.264 e. The van der Waals surface area contributed by atoms with Crippen LogP contribution in [0.1, 0.15) is 86.7 Å². The summed E-state index contributed by atoms with van der Waals surface area (Å²) in [6, 6.07) is 11.7. The number of sulfonamides is 1. The third-order valence-electron chi connectivity index (χ3n) is 12.5. The zero-order valence-electron chi connectivity index (χ0n) is 29.6. The highest BCUT2D eigenvalue weighted by molar-refractivity contribution is 7.90.